The average molecular weight is 256 g/mol. The van der Waals surface area contributed by atoms with Crippen molar-refractivity contribution in [3.05, 3.63) is 65.2 Å². The third-order valence-electron chi connectivity index (χ3n) is 2.63. The van der Waals surface area contributed by atoms with E-state index in [4.69, 9.17) is 4.74 Å². The highest BCUT2D eigenvalue weighted by Crippen LogP contribution is 2.22. The minimum absolute atomic E-state index is 0.0134. The largest absolute Gasteiger partial charge is 0.506 e. The smallest absolute Gasteiger partial charge is 0.342 e. The Morgan fingerprint density at radius 1 is 1.11 bits per heavy atom. The van der Waals surface area contributed by atoms with Crippen LogP contribution in [0.15, 0.2) is 48.5 Å². The summed E-state index contributed by atoms with van der Waals surface area (Å²) < 4.78 is 5.08. The van der Waals surface area contributed by atoms with Gasteiger partial charge >= 0.3 is 5.97 Å². The number of rotatable bonds is 4. The van der Waals surface area contributed by atoms with Gasteiger partial charge < -0.3 is 9.84 Å². The second kappa shape index (κ2) is 5.82. The van der Waals surface area contributed by atoms with E-state index in [1.807, 2.05) is 30.3 Å². The zero-order chi connectivity index (χ0) is 13.7. The summed E-state index contributed by atoms with van der Waals surface area (Å²) >= 11 is 0. The van der Waals surface area contributed by atoms with Crippen LogP contribution in [0.3, 0.4) is 0 Å². The lowest BCUT2D eigenvalue weighted by atomic mass is 10.1. The SMILES string of the molecule is O=Cc1cccc(C(=O)OCc2ccccc2)c1O. The number of hydrogen-bond acceptors (Lipinski definition) is 4. The highest BCUT2D eigenvalue weighted by molar-refractivity contribution is 5.96. The van der Waals surface area contributed by atoms with Crippen LogP contribution in [-0.2, 0) is 11.3 Å². The van der Waals surface area contributed by atoms with Gasteiger partial charge in [0.25, 0.3) is 0 Å². The number of hydrogen-bond donors (Lipinski definition) is 1. The lowest BCUT2D eigenvalue weighted by molar-refractivity contribution is 0.0469. The van der Waals surface area contributed by atoms with Crippen molar-refractivity contribution in [2.24, 2.45) is 0 Å². The lowest BCUT2D eigenvalue weighted by Crippen LogP contribution is -2.06. The third kappa shape index (κ3) is 2.98. The molecule has 0 aliphatic carbocycles. The van der Waals surface area contributed by atoms with Gasteiger partial charge in [0.15, 0.2) is 6.29 Å². The Hall–Kier alpha value is -2.62. The molecule has 96 valence electrons. The van der Waals surface area contributed by atoms with E-state index in [0.717, 1.165) is 5.56 Å². The van der Waals surface area contributed by atoms with Crippen molar-refractivity contribution >= 4 is 12.3 Å². The first-order valence-corrected chi connectivity index (χ1v) is 5.70. The molecule has 0 aromatic heterocycles. The summed E-state index contributed by atoms with van der Waals surface area (Å²) in [5.74, 6) is -1.01. The maximum atomic E-state index is 11.8. The van der Waals surface area contributed by atoms with Crippen LogP contribution in [0.4, 0.5) is 0 Å². The Bertz CT molecular complexity index is 590. The van der Waals surface area contributed by atoms with Gasteiger partial charge in [0.1, 0.15) is 17.9 Å². The molecule has 0 saturated carbocycles. The molecule has 0 atom stereocenters. The molecule has 1 N–H and O–H groups in total. The number of para-hydroxylation sites is 1. The van der Waals surface area contributed by atoms with Crippen molar-refractivity contribution in [3.63, 3.8) is 0 Å². The van der Waals surface area contributed by atoms with Crippen molar-refractivity contribution in [1.82, 2.24) is 0 Å². The number of carbonyl (C=O) groups is 2. The summed E-state index contributed by atoms with van der Waals surface area (Å²) in [5, 5.41) is 9.72. The number of benzene rings is 2. The third-order valence-corrected chi connectivity index (χ3v) is 2.63. The number of phenolic OH excluding ortho intramolecular Hbond substituents is 1. The second-order valence-electron chi connectivity index (χ2n) is 3.92. The molecule has 0 aliphatic rings. The van der Waals surface area contributed by atoms with Crippen molar-refractivity contribution in [1.29, 1.82) is 0 Å². The Morgan fingerprint density at radius 3 is 2.53 bits per heavy atom. The summed E-state index contributed by atoms with van der Waals surface area (Å²) in [6, 6.07) is 13.6. The molecule has 4 heteroatoms. The van der Waals surface area contributed by atoms with Crippen LogP contribution in [0, 0.1) is 0 Å². The molecule has 2 aromatic carbocycles. The van der Waals surface area contributed by atoms with E-state index in [2.05, 4.69) is 0 Å². The zero-order valence-electron chi connectivity index (χ0n) is 10.1. The molecule has 0 unspecified atom stereocenters. The molecule has 0 fully saturated rings. The van der Waals surface area contributed by atoms with Gasteiger partial charge in [-0.15, -0.1) is 0 Å². The van der Waals surface area contributed by atoms with Crippen molar-refractivity contribution in [2.75, 3.05) is 0 Å². The van der Waals surface area contributed by atoms with Crippen LogP contribution in [0.2, 0.25) is 0 Å². The minimum atomic E-state index is -0.662. The summed E-state index contributed by atoms with van der Waals surface area (Å²) in [5.41, 5.74) is 0.900. The number of carbonyl (C=O) groups excluding carboxylic acids is 2. The summed E-state index contributed by atoms with van der Waals surface area (Å²) in [4.78, 5) is 22.5. The van der Waals surface area contributed by atoms with Crippen LogP contribution < -0.4 is 0 Å². The molecule has 0 aliphatic heterocycles. The predicted molar refractivity (Wildman–Crippen MR) is 69.1 cm³/mol. The van der Waals surface area contributed by atoms with Crippen LogP contribution in [-0.4, -0.2) is 17.4 Å². The standard InChI is InChI=1S/C15H12O4/c16-9-12-7-4-8-13(14(12)17)15(18)19-10-11-5-2-1-3-6-11/h1-9,17H,10H2. The molecule has 2 aromatic rings. The number of aldehydes is 1. The van der Waals surface area contributed by atoms with E-state index >= 15 is 0 Å². The fourth-order valence-electron chi connectivity index (χ4n) is 1.62. The summed E-state index contributed by atoms with van der Waals surface area (Å²) in [7, 11) is 0. The normalized spacial score (nSPS) is 9.89. The molecule has 0 amide bonds. The van der Waals surface area contributed by atoms with E-state index < -0.39 is 5.97 Å². The van der Waals surface area contributed by atoms with E-state index in [1.54, 1.807) is 0 Å². The van der Waals surface area contributed by atoms with Crippen molar-refractivity contribution < 1.29 is 19.4 Å². The molecule has 19 heavy (non-hydrogen) atoms. The minimum Gasteiger partial charge on any atom is -0.506 e. The highest BCUT2D eigenvalue weighted by Gasteiger charge is 2.15. The molecular weight excluding hydrogens is 244 g/mol. The zero-order valence-corrected chi connectivity index (χ0v) is 10.1. The van der Waals surface area contributed by atoms with Gasteiger partial charge in [-0.2, -0.15) is 0 Å². The molecule has 0 saturated heterocycles. The first-order valence-electron chi connectivity index (χ1n) is 5.70. The first-order chi connectivity index (χ1) is 9.22. The van der Waals surface area contributed by atoms with Gasteiger partial charge in [-0.25, -0.2) is 4.79 Å². The van der Waals surface area contributed by atoms with Gasteiger partial charge in [-0.1, -0.05) is 36.4 Å². The maximum Gasteiger partial charge on any atom is 0.342 e. The Labute approximate surface area is 110 Å². The fraction of sp³-hybridized carbons (Fsp3) is 0.0667. The van der Waals surface area contributed by atoms with Crippen LogP contribution in [0.1, 0.15) is 26.3 Å². The van der Waals surface area contributed by atoms with Crippen LogP contribution in [0.5, 0.6) is 5.75 Å². The maximum absolute atomic E-state index is 11.8. The molecular formula is C15H12O4. The van der Waals surface area contributed by atoms with Gasteiger partial charge in [-0.05, 0) is 17.7 Å². The Balaban J connectivity index is 2.10. The Morgan fingerprint density at radius 2 is 1.84 bits per heavy atom. The van der Waals surface area contributed by atoms with Crippen LogP contribution in [0.25, 0.3) is 0 Å². The van der Waals surface area contributed by atoms with Gasteiger partial charge in [0.05, 0.1) is 5.56 Å². The molecule has 0 radical (unpaired) electrons. The number of phenols is 1. The number of ether oxygens (including phenoxy) is 1. The first kappa shape index (κ1) is 12.8. The van der Waals surface area contributed by atoms with Gasteiger partial charge in [-0.3, -0.25) is 4.79 Å². The lowest BCUT2D eigenvalue weighted by Gasteiger charge is -2.07. The molecule has 4 nitrogen and oxygen atoms in total. The summed E-state index contributed by atoms with van der Waals surface area (Å²) in [6.45, 7) is 0.116. The molecule has 0 heterocycles. The molecule has 0 spiro atoms. The Kier molecular flexibility index (Phi) is 3.93. The van der Waals surface area contributed by atoms with E-state index in [1.165, 1.54) is 18.2 Å². The topological polar surface area (TPSA) is 63.6 Å². The monoisotopic (exact) mass is 256 g/mol. The quantitative estimate of drug-likeness (QED) is 0.674. The average Bonchev–Trinajstić information content (AvgIpc) is 2.46. The second-order valence-corrected chi connectivity index (χ2v) is 3.92. The van der Waals surface area contributed by atoms with E-state index in [0.29, 0.717) is 6.29 Å². The van der Waals surface area contributed by atoms with Gasteiger partial charge in [0.2, 0.25) is 0 Å². The van der Waals surface area contributed by atoms with Crippen molar-refractivity contribution in [3.8, 4) is 5.75 Å². The fourth-order valence-corrected chi connectivity index (χ4v) is 1.62. The van der Waals surface area contributed by atoms with E-state index in [-0.39, 0.29) is 23.5 Å². The van der Waals surface area contributed by atoms with E-state index in [9.17, 15) is 14.7 Å². The number of aromatic hydroxyl groups is 1. The predicted octanol–water partition coefficient (Wildman–Crippen LogP) is 2.56. The summed E-state index contributed by atoms with van der Waals surface area (Å²) in [6.07, 6.45) is 0.489. The van der Waals surface area contributed by atoms with Gasteiger partial charge in [0, 0.05) is 0 Å². The molecule has 2 rings (SSSR count). The van der Waals surface area contributed by atoms with Crippen LogP contribution >= 0.6 is 0 Å². The molecule has 0 bridgehead atoms. The highest BCUT2D eigenvalue weighted by atomic mass is 16.5. The number of esters is 1. The van der Waals surface area contributed by atoms with Crippen molar-refractivity contribution in [2.45, 2.75) is 6.61 Å².